The normalized spacial score (nSPS) is 6.85. The van der Waals surface area contributed by atoms with E-state index in [-0.39, 0.29) is 13.2 Å². The Morgan fingerprint density at radius 3 is 0.923 bits per heavy atom. The van der Waals surface area contributed by atoms with Crippen molar-refractivity contribution >= 4 is 11.9 Å². The van der Waals surface area contributed by atoms with Crippen LogP contribution in [0.1, 0.15) is 41.5 Å². The molecule has 150 valence electrons. The van der Waals surface area contributed by atoms with Gasteiger partial charge < -0.3 is 9.47 Å². The molecular formula is C22H38O4. The van der Waals surface area contributed by atoms with Gasteiger partial charge in [0.2, 0.25) is 0 Å². The number of carbonyl (C=O) groups is 2. The number of carbonyl (C=O) groups excluding carboxylic acids is 2. The molecule has 0 amide bonds. The van der Waals surface area contributed by atoms with Crippen LogP contribution >= 0.6 is 0 Å². The first-order valence-electron chi connectivity index (χ1n) is 8.04. The van der Waals surface area contributed by atoms with Gasteiger partial charge in [-0.25, -0.2) is 9.59 Å². The Bertz CT molecular complexity index is 366. The quantitative estimate of drug-likeness (QED) is 0.259. The predicted octanol–water partition coefficient (Wildman–Crippen LogP) is 5.99. The summed E-state index contributed by atoms with van der Waals surface area (Å²) < 4.78 is 9.38. The molecule has 0 saturated heterocycles. The summed E-state index contributed by atoms with van der Waals surface area (Å²) in [6.07, 6.45) is 7.00. The summed E-state index contributed by atoms with van der Waals surface area (Å²) in [5.41, 5.74) is 0.632. The van der Waals surface area contributed by atoms with Gasteiger partial charge >= 0.3 is 11.9 Å². The van der Waals surface area contributed by atoms with Gasteiger partial charge in [0.1, 0.15) is 13.2 Å². The minimum Gasteiger partial charge on any atom is -0.459 e. The van der Waals surface area contributed by atoms with Gasteiger partial charge in [0, 0.05) is 11.1 Å². The van der Waals surface area contributed by atoms with Crippen molar-refractivity contribution in [1.29, 1.82) is 0 Å². The van der Waals surface area contributed by atoms with E-state index < -0.39 is 11.9 Å². The van der Waals surface area contributed by atoms with Gasteiger partial charge in [0.15, 0.2) is 0 Å². The molecule has 0 saturated carbocycles. The fraction of sp³-hybridized carbons (Fsp3) is 0.364. The van der Waals surface area contributed by atoms with Crippen LogP contribution in [0, 0.1) is 0 Å². The third kappa shape index (κ3) is 57.9. The first kappa shape index (κ1) is 34.7. The molecule has 0 aliphatic heterocycles. The van der Waals surface area contributed by atoms with Crippen molar-refractivity contribution in [2.24, 2.45) is 0 Å². The number of esters is 2. The molecule has 0 spiro atoms. The van der Waals surface area contributed by atoms with Crippen LogP contribution in [0.4, 0.5) is 0 Å². The smallest absolute Gasteiger partial charge is 0.333 e. The van der Waals surface area contributed by atoms with Crippen molar-refractivity contribution in [1.82, 2.24) is 0 Å². The SMILES string of the molecule is C=C(C)C(=O)OCCOC(=O)C(=C)C.C=CC.C=CC.C=CC.C=CC. The maximum absolute atomic E-state index is 10.8. The van der Waals surface area contributed by atoms with Gasteiger partial charge in [-0.2, -0.15) is 0 Å². The summed E-state index contributed by atoms with van der Waals surface area (Å²) in [5, 5.41) is 0. The third-order valence-electron chi connectivity index (χ3n) is 1.25. The number of hydrogen-bond donors (Lipinski definition) is 0. The second-order valence-electron chi connectivity index (χ2n) is 4.47. The summed E-state index contributed by atoms with van der Waals surface area (Å²) in [5.74, 6) is -0.979. The summed E-state index contributed by atoms with van der Waals surface area (Å²) in [4.78, 5) is 21.7. The Balaban J connectivity index is -0.000000100. The van der Waals surface area contributed by atoms with Crippen LogP contribution in [0.2, 0.25) is 0 Å². The van der Waals surface area contributed by atoms with E-state index in [2.05, 4.69) is 48.9 Å². The molecule has 0 unspecified atom stereocenters. The molecule has 4 nitrogen and oxygen atoms in total. The van der Waals surface area contributed by atoms with Crippen LogP contribution in [0.25, 0.3) is 0 Å². The highest BCUT2D eigenvalue weighted by Gasteiger charge is 2.05. The Labute approximate surface area is 161 Å². The molecule has 0 aliphatic rings. The van der Waals surface area contributed by atoms with Crippen LogP contribution in [-0.2, 0) is 19.1 Å². The van der Waals surface area contributed by atoms with Gasteiger partial charge in [-0.1, -0.05) is 37.5 Å². The minimum atomic E-state index is -0.489. The molecule has 0 fully saturated rings. The monoisotopic (exact) mass is 366 g/mol. The van der Waals surface area contributed by atoms with E-state index in [1.807, 2.05) is 27.7 Å². The maximum Gasteiger partial charge on any atom is 0.333 e. The first-order valence-corrected chi connectivity index (χ1v) is 8.04. The Kier molecular flexibility index (Phi) is 45.2. The number of hydrogen-bond acceptors (Lipinski definition) is 4. The molecule has 0 heterocycles. The predicted molar refractivity (Wildman–Crippen MR) is 115 cm³/mol. The molecule has 0 aromatic rings. The van der Waals surface area contributed by atoms with E-state index in [1.165, 1.54) is 0 Å². The van der Waals surface area contributed by atoms with Crippen molar-refractivity contribution in [2.45, 2.75) is 41.5 Å². The zero-order valence-corrected chi connectivity index (χ0v) is 17.6. The highest BCUT2D eigenvalue weighted by Crippen LogP contribution is 1.94. The third-order valence-corrected chi connectivity index (χ3v) is 1.25. The highest BCUT2D eigenvalue weighted by atomic mass is 16.6. The average molecular weight is 367 g/mol. The molecule has 0 atom stereocenters. The molecule has 0 aliphatic carbocycles. The van der Waals surface area contributed by atoms with Crippen molar-refractivity contribution in [3.63, 3.8) is 0 Å². The summed E-state index contributed by atoms with van der Waals surface area (Å²) in [6, 6.07) is 0. The van der Waals surface area contributed by atoms with E-state index >= 15 is 0 Å². The second-order valence-corrected chi connectivity index (χ2v) is 4.47. The topological polar surface area (TPSA) is 52.6 Å². The van der Waals surface area contributed by atoms with Gasteiger partial charge in [-0.05, 0) is 41.5 Å². The van der Waals surface area contributed by atoms with E-state index in [0.717, 1.165) is 0 Å². The van der Waals surface area contributed by atoms with E-state index in [4.69, 9.17) is 0 Å². The molecule has 0 bridgehead atoms. The van der Waals surface area contributed by atoms with Gasteiger partial charge in [0.05, 0.1) is 0 Å². The van der Waals surface area contributed by atoms with Crippen molar-refractivity contribution in [2.75, 3.05) is 13.2 Å². The molecule has 0 radical (unpaired) electrons. The molecule has 0 aromatic heterocycles. The Morgan fingerprint density at radius 2 is 0.808 bits per heavy atom. The van der Waals surface area contributed by atoms with Gasteiger partial charge in [-0.3, -0.25) is 0 Å². The van der Waals surface area contributed by atoms with Crippen LogP contribution in [0.3, 0.4) is 0 Å². The first-order chi connectivity index (χ1) is 12.1. The molecule has 4 heteroatoms. The second kappa shape index (κ2) is 33.9. The Hall–Kier alpha value is -2.62. The molecule has 26 heavy (non-hydrogen) atoms. The lowest BCUT2D eigenvalue weighted by Crippen LogP contribution is -2.14. The van der Waals surface area contributed by atoms with Gasteiger partial charge in [-0.15, -0.1) is 26.3 Å². The molecular weight excluding hydrogens is 328 g/mol. The molecule has 0 N–H and O–H groups in total. The average Bonchev–Trinajstić information content (AvgIpc) is 2.54. The number of ether oxygens (including phenoxy) is 2. The fourth-order valence-corrected chi connectivity index (χ4v) is 0.515. The molecule has 0 aromatic carbocycles. The standard InChI is InChI=1S/C10H14O4.4C3H6/c1-7(2)9(11)13-5-6-14-10(12)8(3)4;4*1-3-2/h1,3,5-6H2,2,4H3;4*3H,1H2,2H3. The lowest BCUT2D eigenvalue weighted by atomic mass is 10.4. The zero-order valence-electron chi connectivity index (χ0n) is 17.6. The zero-order chi connectivity index (χ0) is 22.0. The van der Waals surface area contributed by atoms with Crippen molar-refractivity contribution < 1.29 is 19.1 Å². The van der Waals surface area contributed by atoms with Crippen LogP contribution in [0.5, 0.6) is 0 Å². The van der Waals surface area contributed by atoms with Crippen LogP contribution < -0.4 is 0 Å². The maximum atomic E-state index is 10.8. The largest absolute Gasteiger partial charge is 0.459 e. The van der Waals surface area contributed by atoms with Crippen molar-refractivity contribution in [3.8, 4) is 0 Å². The number of allylic oxidation sites excluding steroid dienone is 4. The lowest BCUT2D eigenvalue weighted by Gasteiger charge is -2.05. The summed E-state index contributed by atoms with van der Waals surface area (Å²) in [7, 11) is 0. The Morgan fingerprint density at radius 1 is 0.654 bits per heavy atom. The van der Waals surface area contributed by atoms with E-state index in [0.29, 0.717) is 11.1 Å². The lowest BCUT2D eigenvalue weighted by molar-refractivity contribution is -0.147. The minimum absolute atomic E-state index is 0.0325. The molecule has 0 rings (SSSR count). The van der Waals surface area contributed by atoms with Crippen LogP contribution in [-0.4, -0.2) is 25.2 Å². The van der Waals surface area contributed by atoms with E-state index in [9.17, 15) is 9.59 Å². The number of rotatable bonds is 5. The van der Waals surface area contributed by atoms with Crippen molar-refractivity contribution in [3.05, 3.63) is 74.9 Å². The summed E-state index contributed by atoms with van der Waals surface area (Å²) in [6.45, 7) is 31.0. The van der Waals surface area contributed by atoms with E-state index in [1.54, 1.807) is 38.2 Å². The summed E-state index contributed by atoms with van der Waals surface area (Å²) >= 11 is 0. The highest BCUT2D eigenvalue weighted by molar-refractivity contribution is 5.87. The fourth-order valence-electron chi connectivity index (χ4n) is 0.515. The van der Waals surface area contributed by atoms with Crippen LogP contribution in [0.15, 0.2) is 74.9 Å². The van der Waals surface area contributed by atoms with Gasteiger partial charge in [0.25, 0.3) is 0 Å².